The summed E-state index contributed by atoms with van der Waals surface area (Å²) in [7, 11) is 0. The molecule has 0 radical (unpaired) electrons. The Morgan fingerprint density at radius 2 is 0.400 bits per heavy atom. The highest BCUT2D eigenvalue weighted by atomic mass is 16.8. The van der Waals surface area contributed by atoms with Gasteiger partial charge in [0.15, 0.2) is 23.1 Å². The Bertz CT molecular complexity index is 2150. The van der Waals surface area contributed by atoms with Gasteiger partial charge in [0.2, 0.25) is 0 Å². The predicted molar refractivity (Wildman–Crippen MR) is 317 cm³/mol. The minimum atomic E-state index is -0.409. The second-order valence-electron chi connectivity index (χ2n) is 37.4. The topological polar surface area (TPSA) is 73.8 Å². The molecule has 12 saturated carbocycles. The van der Waals surface area contributed by atoms with Crippen LogP contribution in [-0.4, -0.2) is 70.0 Å². The quantitative estimate of drug-likeness (QED) is 0.238. The Morgan fingerprint density at radius 3 is 0.575 bits per heavy atom. The smallest absolute Gasteiger partial charge is 0.164 e. The van der Waals surface area contributed by atoms with Crippen LogP contribution >= 0.6 is 0 Å². The average molecular weight is 1110 g/mol. The monoisotopic (exact) mass is 1110 g/mol. The maximum absolute atomic E-state index is 6.48. The fourth-order valence-electron chi connectivity index (χ4n) is 28.0. The van der Waals surface area contributed by atoms with Gasteiger partial charge in [0.05, 0.1) is 46.8 Å². The zero-order chi connectivity index (χ0) is 58.2. The summed E-state index contributed by atoms with van der Waals surface area (Å²) in [6.07, 6.45) is 22.8. The molecule has 8 nitrogen and oxygen atoms in total. The second-order valence-corrected chi connectivity index (χ2v) is 37.4. The van der Waals surface area contributed by atoms with E-state index in [0.29, 0.717) is 91.4 Å². The average Bonchev–Trinajstić information content (AvgIpc) is 4.42. The van der Waals surface area contributed by atoms with E-state index in [1.54, 1.807) is 0 Å². The van der Waals surface area contributed by atoms with E-state index in [0.717, 1.165) is 47.3 Å². The van der Waals surface area contributed by atoms with Crippen LogP contribution in [0.5, 0.6) is 0 Å². The van der Waals surface area contributed by atoms with Gasteiger partial charge in [-0.15, -0.1) is 0 Å². The number of hydrogen-bond acceptors (Lipinski definition) is 8. The first-order valence-electron chi connectivity index (χ1n) is 34.0. The molecule has 0 aromatic heterocycles. The van der Waals surface area contributed by atoms with Gasteiger partial charge in [-0.1, -0.05) is 83.1 Å². The molecule has 16 rings (SSSR count). The summed E-state index contributed by atoms with van der Waals surface area (Å²) in [6, 6.07) is 0. The van der Waals surface area contributed by atoms with E-state index in [9.17, 15) is 0 Å². The van der Waals surface area contributed by atoms with E-state index in [-0.39, 0.29) is 22.4 Å². The van der Waals surface area contributed by atoms with Crippen molar-refractivity contribution in [2.45, 2.75) is 339 Å². The zero-order valence-electron chi connectivity index (χ0n) is 55.8. The molecular formula is C72H120O8. The molecule has 24 atom stereocenters. The van der Waals surface area contributed by atoms with E-state index >= 15 is 0 Å². The SMILES string of the molecule is C[C@@H]1CC[C@H]2C(C)(C)[C@H]3C[C@@]12C[C@@H]1OC(C)(C)O[C@@]13C.C[C@@H]1CC[C@H]2C(C)(C)[C@H]3C[C@@]12C[C@@H]1OC(C)(C)O[C@]13C.C[C@@H]1CC[C@H]2C(C)(C)[C@H]3C[C@@]12C[C@H]1OC(C)(C)O[C@@]31C.C[C@@H]1CC[C@H]2C(C)(C)[C@H]3C[C@@]12C[C@H]1OC(C)(C)O[C@]31C. The van der Waals surface area contributed by atoms with Crippen LogP contribution in [0.1, 0.15) is 269 Å². The number of hydrogen-bond donors (Lipinski definition) is 0. The fourth-order valence-corrected chi connectivity index (χ4v) is 28.0. The maximum Gasteiger partial charge on any atom is 0.164 e. The first-order chi connectivity index (χ1) is 36.5. The van der Waals surface area contributed by atoms with E-state index in [1.807, 2.05) is 0 Å². The summed E-state index contributed by atoms with van der Waals surface area (Å²) in [5.41, 5.74) is 3.34. The van der Waals surface area contributed by atoms with Crippen molar-refractivity contribution in [3.63, 3.8) is 0 Å². The highest BCUT2D eigenvalue weighted by Gasteiger charge is 2.78. The molecule has 16 aliphatic rings. The largest absolute Gasteiger partial charge is 0.344 e. The van der Waals surface area contributed by atoms with Gasteiger partial charge in [-0.05, 0) is 300 Å². The Labute approximate surface area is 488 Å². The summed E-state index contributed by atoms with van der Waals surface area (Å²) < 4.78 is 51.4. The highest BCUT2D eigenvalue weighted by molar-refractivity contribution is 5.26. The van der Waals surface area contributed by atoms with Gasteiger partial charge in [-0.2, -0.15) is 0 Å². The molecule has 0 aromatic rings. The predicted octanol–water partition coefficient (Wildman–Crippen LogP) is 17.5. The molecule has 0 N–H and O–H groups in total. The normalized spacial score (nSPS) is 58.5. The third-order valence-corrected chi connectivity index (χ3v) is 30.9. The molecule has 80 heavy (non-hydrogen) atoms. The number of fused-ring (bicyclic) bond motifs is 12. The summed E-state index contributed by atoms with van der Waals surface area (Å²) >= 11 is 0. The maximum atomic E-state index is 6.48. The van der Waals surface area contributed by atoms with Crippen LogP contribution in [-0.2, 0) is 37.9 Å². The van der Waals surface area contributed by atoms with E-state index in [2.05, 4.69) is 166 Å². The molecule has 4 saturated heterocycles. The molecule has 8 heteroatoms. The van der Waals surface area contributed by atoms with Crippen LogP contribution in [0.25, 0.3) is 0 Å². The first-order valence-corrected chi connectivity index (χ1v) is 34.0. The molecule has 0 amide bonds. The van der Waals surface area contributed by atoms with Crippen LogP contribution in [0.15, 0.2) is 0 Å². The Morgan fingerprint density at radius 1 is 0.225 bits per heavy atom. The third kappa shape index (κ3) is 7.45. The van der Waals surface area contributed by atoms with Crippen molar-refractivity contribution in [1.82, 2.24) is 0 Å². The molecule has 0 unspecified atom stereocenters. The van der Waals surface area contributed by atoms with Crippen molar-refractivity contribution < 1.29 is 37.9 Å². The highest BCUT2D eigenvalue weighted by Crippen LogP contribution is 2.80. The Hall–Kier alpha value is -0.320. The molecule has 4 spiro atoms. The Kier molecular flexibility index (Phi) is 12.4. The lowest BCUT2D eigenvalue weighted by Gasteiger charge is -2.47. The standard InChI is InChI=1S/4C18H30O2/c4*1-11-7-8-12-15(2,3)13-9-18(11,12)10-14-17(13,6)20-16(4,5)19-14/h4*11-14H,7-10H2,1-6H3/t11-,12+,13-,14+,17+,18-;11-,12+,13-,14+,17-,18-;11-,12+,13-,14-,17+,18-;11-,12+,13-,14-,17-,18-/m1111/s1. The van der Waals surface area contributed by atoms with Crippen molar-refractivity contribution in [3.05, 3.63) is 0 Å². The Balaban J connectivity index is 0.000000101. The van der Waals surface area contributed by atoms with E-state index in [1.165, 1.54) is 103 Å². The van der Waals surface area contributed by atoms with Crippen LogP contribution in [0.2, 0.25) is 0 Å². The lowest BCUT2D eigenvalue weighted by atomic mass is 9.63. The van der Waals surface area contributed by atoms with Crippen LogP contribution in [0.3, 0.4) is 0 Å². The van der Waals surface area contributed by atoms with Crippen LogP contribution < -0.4 is 0 Å². The molecule has 16 fully saturated rings. The van der Waals surface area contributed by atoms with Crippen LogP contribution in [0, 0.1) is 114 Å². The van der Waals surface area contributed by atoms with Gasteiger partial charge in [0, 0.05) is 0 Å². The molecule has 4 aliphatic heterocycles. The van der Waals surface area contributed by atoms with Gasteiger partial charge in [-0.25, -0.2) is 0 Å². The van der Waals surface area contributed by atoms with Crippen molar-refractivity contribution in [2.24, 2.45) is 114 Å². The minimum absolute atomic E-state index is 0.0810. The minimum Gasteiger partial charge on any atom is -0.344 e. The molecule has 12 aliphatic carbocycles. The van der Waals surface area contributed by atoms with Crippen molar-refractivity contribution in [2.75, 3.05) is 0 Å². The first kappa shape index (κ1) is 58.7. The van der Waals surface area contributed by atoms with Crippen LogP contribution in [0.4, 0.5) is 0 Å². The molecule has 456 valence electrons. The van der Waals surface area contributed by atoms with Gasteiger partial charge >= 0.3 is 0 Å². The molecule has 0 aromatic carbocycles. The molecule has 4 heterocycles. The van der Waals surface area contributed by atoms with E-state index < -0.39 is 23.1 Å². The summed E-state index contributed by atoms with van der Waals surface area (Å²) in [6.45, 7) is 56.0. The zero-order valence-corrected chi connectivity index (χ0v) is 55.8. The van der Waals surface area contributed by atoms with Gasteiger partial charge < -0.3 is 37.9 Å². The third-order valence-electron chi connectivity index (χ3n) is 30.9. The number of ether oxygens (including phenoxy) is 8. The van der Waals surface area contributed by atoms with Gasteiger partial charge in [-0.3, -0.25) is 0 Å². The fraction of sp³-hybridized carbons (Fsp3) is 1.00. The van der Waals surface area contributed by atoms with E-state index in [4.69, 9.17) is 37.9 Å². The van der Waals surface area contributed by atoms with Crippen molar-refractivity contribution >= 4 is 0 Å². The molecular weight excluding hydrogens is 993 g/mol. The van der Waals surface area contributed by atoms with Crippen molar-refractivity contribution in [3.8, 4) is 0 Å². The summed E-state index contributed by atoms with van der Waals surface area (Å²) in [5.74, 6) is 7.83. The molecule has 8 bridgehead atoms. The van der Waals surface area contributed by atoms with Crippen molar-refractivity contribution in [1.29, 1.82) is 0 Å². The lowest BCUT2D eigenvalue weighted by molar-refractivity contribution is -0.177. The summed E-state index contributed by atoms with van der Waals surface area (Å²) in [5, 5.41) is 0. The summed E-state index contributed by atoms with van der Waals surface area (Å²) in [4.78, 5) is 0. The number of rotatable bonds is 0. The van der Waals surface area contributed by atoms with Gasteiger partial charge in [0.25, 0.3) is 0 Å². The van der Waals surface area contributed by atoms with Gasteiger partial charge in [0.1, 0.15) is 0 Å². The lowest BCUT2D eigenvalue weighted by Crippen LogP contribution is -2.52. The second kappa shape index (κ2) is 16.9.